The first kappa shape index (κ1) is 18.5. The van der Waals surface area contributed by atoms with E-state index in [-0.39, 0.29) is 22.8 Å². The maximum Gasteiger partial charge on any atom is 0.235 e. The van der Waals surface area contributed by atoms with E-state index in [1.54, 1.807) is 37.4 Å². The van der Waals surface area contributed by atoms with Gasteiger partial charge in [0.1, 0.15) is 17.1 Å². The van der Waals surface area contributed by atoms with Gasteiger partial charge in [0.2, 0.25) is 11.2 Å². The summed E-state index contributed by atoms with van der Waals surface area (Å²) in [5.74, 6) is 0.647. The predicted octanol–water partition coefficient (Wildman–Crippen LogP) is 5.16. The molecule has 3 aromatic rings. The lowest BCUT2D eigenvalue weighted by molar-refractivity contribution is 0.302. The molecule has 0 aliphatic heterocycles. The van der Waals surface area contributed by atoms with Crippen LogP contribution in [0.25, 0.3) is 22.3 Å². The van der Waals surface area contributed by atoms with Crippen molar-refractivity contribution < 1.29 is 18.3 Å². The Kier molecular flexibility index (Phi) is 5.93. The van der Waals surface area contributed by atoms with Crippen LogP contribution in [-0.2, 0) is 0 Å². The van der Waals surface area contributed by atoms with Gasteiger partial charge in [-0.2, -0.15) is 0 Å². The normalized spacial score (nSPS) is 10.9. The van der Waals surface area contributed by atoms with Gasteiger partial charge in [-0.3, -0.25) is 4.79 Å². The molecule has 2 aromatic carbocycles. The fourth-order valence-corrected chi connectivity index (χ4v) is 2.97. The van der Waals surface area contributed by atoms with Crippen molar-refractivity contribution in [1.29, 1.82) is 0 Å². The third-order valence-corrected chi connectivity index (χ3v) is 4.50. The van der Waals surface area contributed by atoms with E-state index in [1.807, 2.05) is 0 Å². The minimum Gasteiger partial charge on any atom is -0.497 e. The quantitative estimate of drug-likeness (QED) is 0.391. The predicted molar refractivity (Wildman–Crippen MR) is 103 cm³/mol. The van der Waals surface area contributed by atoms with Gasteiger partial charge in [-0.25, -0.2) is 4.39 Å². The smallest absolute Gasteiger partial charge is 0.235 e. The van der Waals surface area contributed by atoms with Crippen molar-refractivity contribution in [2.45, 2.75) is 12.8 Å². The van der Waals surface area contributed by atoms with Gasteiger partial charge in [-0.05, 0) is 49.2 Å². The van der Waals surface area contributed by atoms with Crippen LogP contribution in [0.2, 0.25) is 0 Å². The summed E-state index contributed by atoms with van der Waals surface area (Å²) in [5.41, 5.74) is 0.706. The SMILES string of the molecule is COc1ccc2c(=O)c(OCCCCBr)c(-c3ccc(F)cc3)oc2c1. The standard InChI is InChI=1S/C20H18BrFO4/c1-24-15-8-9-16-17(12-15)26-19(13-4-6-14(22)7-5-13)20(18(16)23)25-11-3-2-10-21/h4-9,12H,2-3,10-11H2,1H3. The molecular weight excluding hydrogens is 403 g/mol. The summed E-state index contributed by atoms with van der Waals surface area (Å²) < 4.78 is 30.2. The molecule has 0 radical (unpaired) electrons. The highest BCUT2D eigenvalue weighted by Crippen LogP contribution is 2.32. The molecule has 0 spiro atoms. The Morgan fingerprint density at radius 3 is 2.58 bits per heavy atom. The topological polar surface area (TPSA) is 48.7 Å². The highest BCUT2D eigenvalue weighted by Gasteiger charge is 2.18. The Morgan fingerprint density at radius 1 is 1.12 bits per heavy atom. The molecule has 136 valence electrons. The molecule has 6 heteroatoms. The molecule has 0 fully saturated rings. The van der Waals surface area contributed by atoms with Gasteiger partial charge in [-0.1, -0.05) is 15.9 Å². The van der Waals surface area contributed by atoms with Gasteiger partial charge in [0.25, 0.3) is 0 Å². The lowest BCUT2D eigenvalue weighted by atomic mass is 10.1. The second kappa shape index (κ2) is 8.36. The summed E-state index contributed by atoms with van der Waals surface area (Å²) in [6, 6.07) is 10.8. The zero-order chi connectivity index (χ0) is 18.5. The Morgan fingerprint density at radius 2 is 1.88 bits per heavy atom. The zero-order valence-electron chi connectivity index (χ0n) is 14.3. The highest BCUT2D eigenvalue weighted by molar-refractivity contribution is 9.09. The van der Waals surface area contributed by atoms with Crippen molar-refractivity contribution in [1.82, 2.24) is 0 Å². The van der Waals surface area contributed by atoms with Crippen LogP contribution in [0.5, 0.6) is 11.5 Å². The number of fused-ring (bicyclic) bond motifs is 1. The van der Waals surface area contributed by atoms with Crippen LogP contribution < -0.4 is 14.9 Å². The number of methoxy groups -OCH3 is 1. The first-order chi connectivity index (χ1) is 12.6. The number of hydrogen-bond donors (Lipinski definition) is 0. The van der Waals surface area contributed by atoms with E-state index >= 15 is 0 Å². The molecule has 0 N–H and O–H groups in total. The van der Waals surface area contributed by atoms with Gasteiger partial charge in [0.15, 0.2) is 5.76 Å². The number of benzene rings is 2. The molecule has 0 atom stereocenters. The number of hydrogen-bond acceptors (Lipinski definition) is 4. The summed E-state index contributed by atoms with van der Waals surface area (Å²) in [7, 11) is 1.54. The van der Waals surface area contributed by atoms with Crippen molar-refractivity contribution in [2.75, 3.05) is 19.0 Å². The van der Waals surface area contributed by atoms with Crippen LogP contribution in [0.3, 0.4) is 0 Å². The van der Waals surface area contributed by atoms with E-state index in [0.717, 1.165) is 18.2 Å². The third kappa shape index (κ3) is 3.90. The Labute approximate surface area is 158 Å². The third-order valence-electron chi connectivity index (χ3n) is 3.94. The van der Waals surface area contributed by atoms with Crippen LogP contribution in [-0.4, -0.2) is 19.0 Å². The molecule has 0 saturated heterocycles. The van der Waals surface area contributed by atoms with Crippen LogP contribution in [0.4, 0.5) is 4.39 Å². The van der Waals surface area contributed by atoms with E-state index in [0.29, 0.717) is 28.9 Å². The maximum absolute atomic E-state index is 13.3. The minimum absolute atomic E-state index is 0.142. The van der Waals surface area contributed by atoms with Crippen LogP contribution in [0.15, 0.2) is 51.7 Å². The first-order valence-corrected chi connectivity index (χ1v) is 9.35. The Hall–Kier alpha value is -2.34. The summed E-state index contributed by atoms with van der Waals surface area (Å²) in [6.07, 6.45) is 1.73. The molecule has 0 aliphatic carbocycles. The molecule has 3 rings (SSSR count). The van der Waals surface area contributed by atoms with E-state index in [9.17, 15) is 9.18 Å². The average molecular weight is 421 g/mol. The molecule has 0 saturated carbocycles. The second-order valence-corrected chi connectivity index (χ2v) is 6.50. The van der Waals surface area contributed by atoms with Crippen molar-refractivity contribution in [3.05, 3.63) is 58.5 Å². The van der Waals surface area contributed by atoms with Gasteiger partial charge in [-0.15, -0.1) is 0 Å². The fraction of sp³-hybridized carbons (Fsp3) is 0.250. The Balaban J connectivity index is 2.13. The second-order valence-electron chi connectivity index (χ2n) is 5.70. The summed E-state index contributed by atoms with van der Waals surface area (Å²) >= 11 is 3.37. The molecule has 0 unspecified atom stereocenters. The van der Waals surface area contributed by atoms with E-state index < -0.39 is 0 Å². The van der Waals surface area contributed by atoms with E-state index in [2.05, 4.69) is 15.9 Å². The lowest BCUT2D eigenvalue weighted by Crippen LogP contribution is -2.11. The molecule has 1 aromatic heterocycles. The number of unbranched alkanes of at least 4 members (excludes halogenated alkanes) is 1. The Bertz CT molecular complexity index is 950. The van der Waals surface area contributed by atoms with Gasteiger partial charge in [0, 0.05) is 17.0 Å². The average Bonchev–Trinajstić information content (AvgIpc) is 2.66. The summed E-state index contributed by atoms with van der Waals surface area (Å²) in [4.78, 5) is 12.9. The largest absolute Gasteiger partial charge is 0.497 e. The van der Waals surface area contributed by atoms with Crippen LogP contribution in [0, 0.1) is 5.82 Å². The van der Waals surface area contributed by atoms with Gasteiger partial charge >= 0.3 is 0 Å². The number of ether oxygens (including phenoxy) is 2. The first-order valence-electron chi connectivity index (χ1n) is 8.23. The highest BCUT2D eigenvalue weighted by atomic mass is 79.9. The van der Waals surface area contributed by atoms with Crippen molar-refractivity contribution in [2.24, 2.45) is 0 Å². The molecule has 0 bridgehead atoms. The number of rotatable bonds is 7. The van der Waals surface area contributed by atoms with E-state index in [4.69, 9.17) is 13.9 Å². The summed E-state index contributed by atoms with van der Waals surface area (Å²) in [6.45, 7) is 0.395. The van der Waals surface area contributed by atoms with Crippen molar-refractivity contribution in [3.63, 3.8) is 0 Å². The van der Waals surface area contributed by atoms with E-state index in [1.165, 1.54) is 12.1 Å². The van der Waals surface area contributed by atoms with Crippen molar-refractivity contribution in [3.8, 4) is 22.8 Å². The fourth-order valence-electron chi connectivity index (χ4n) is 2.58. The van der Waals surface area contributed by atoms with Crippen molar-refractivity contribution >= 4 is 26.9 Å². The van der Waals surface area contributed by atoms with Gasteiger partial charge in [0.05, 0.1) is 19.1 Å². The van der Waals surface area contributed by atoms with Gasteiger partial charge < -0.3 is 13.9 Å². The number of halogens is 2. The lowest BCUT2D eigenvalue weighted by Gasteiger charge is -2.12. The number of alkyl halides is 1. The minimum atomic E-state index is -0.363. The molecule has 4 nitrogen and oxygen atoms in total. The molecule has 1 heterocycles. The van der Waals surface area contributed by atoms with Crippen LogP contribution >= 0.6 is 15.9 Å². The zero-order valence-corrected chi connectivity index (χ0v) is 15.8. The monoisotopic (exact) mass is 420 g/mol. The molecule has 0 aliphatic rings. The molecular formula is C20H18BrFO4. The molecule has 0 amide bonds. The maximum atomic E-state index is 13.3. The summed E-state index contributed by atoms with van der Waals surface area (Å²) in [5, 5.41) is 1.28. The van der Waals surface area contributed by atoms with Crippen LogP contribution in [0.1, 0.15) is 12.8 Å². The molecule has 26 heavy (non-hydrogen) atoms.